The molecule has 0 saturated carbocycles. The van der Waals surface area contributed by atoms with E-state index in [0.717, 1.165) is 24.0 Å². The average molecular weight is 346 g/mol. The first-order valence-corrected chi connectivity index (χ1v) is 7.76. The molecule has 5 heteroatoms. The molecule has 0 bridgehead atoms. The van der Waals surface area contributed by atoms with E-state index < -0.39 is 0 Å². The van der Waals surface area contributed by atoms with Gasteiger partial charge in [-0.1, -0.05) is 18.5 Å². The smallest absolute Gasteiger partial charge is 0.252 e. The van der Waals surface area contributed by atoms with Crippen LogP contribution in [-0.2, 0) is 0 Å². The molecule has 0 radical (unpaired) electrons. The molecule has 0 spiro atoms. The normalized spacial score (nSPS) is 19.6. The number of amides is 1. The van der Waals surface area contributed by atoms with Crippen LogP contribution in [0, 0.1) is 0 Å². The highest BCUT2D eigenvalue weighted by Crippen LogP contribution is 2.22. The summed E-state index contributed by atoms with van der Waals surface area (Å²) in [6.45, 7) is 5.06. The zero-order valence-corrected chi connectivity index (χ0v) is 13.3. The Balaban J connectivity index is 1.94. The summed E-state index contributed by atoms with van der Waals surface area (Å²) < 4.78 is 0.733. The average Bonchev–Trinajstić information content (AvgIpc) is 2.83. The molecule has 3 nitrogen and oxygen atoms in total. The van der Waals surface area contributed by atoms with E-state index in [1.165, 1.54) is 6.42 Å². The number of hydrogen-bond donors (Lipinski definition) is 1. The molecule has 1 aliphatic rings. The van der Waals surface area contributed by atoms with Crippen molar-refractivity contribution in [2.45, 2.75) is 25.8 Å². The number of likely N-dealkylation sites (N-methyl/N-ethyl adjacent to an activating group) is 1. The van der Waals surface area contributed by atoms with Gasteiger partial charge in [-0.15, -0.1) is 0 Å². The van der Waals surface area contributed by atoms with Gasteiger partial charge in [-0.3, -0.25) is 9.69 Å². The van der Waals surface area contributed by atoms with Crippen LogP contribution in [0.5, 0.6) is 0 Å². The van der Waals surface area contributed by atoms with Gasteiger partial charge < -0.3 is 5.32 Å². The zero-order valence-electron chi connectivity index (χ0n) is 11.0. The van der Waals surface area contributed by atoms with Crippen LogP contribution < -0.4 is 5.32 Å². The topological polar surface area (TPSA) is 32.3 Å². The lowest BCUT2D eigenvalue weighted by Crippen LogP contribution is -2.40. The van der Waals surface area contributed by atoms with Crippen LogP contribution in [0.3, 0.4) is 0 Å². The Kier molecular flexibility index (Phi) is 5.25. The Morgan fingerprint density at radius 1 is 1.58 bits per heavy atom. The molecule has 1 N–H and O–H groups in total. The van der Waals surface area contributed by atoms with Gasteiger partial charge in [0.25, 0.3) is 5.91 Å². The summed E-state index contributed by atoms with van der Waals surface area (Å²) in [7, 11) is 0. The largest absolute Gasteiger partial charge is 0.350 e. The standard InChI is InChI=1S/C14H18BrClN2O/c1-2-18-7-3-4-11(18)9-17-14(19)12-6-5-10(16)8-13(12)15/h5-6,8,11H,2-4,7,9H2,1H3,(H,17,19). The highest BCUT2D eigenvalue weighted by molar-refractivity contribution is 9.10. The predicted octanol–water partition coefficient (Wildman–Crippen LogP) is 3.32. The van der Waals surface area contributed by atoms with Crippen molar-refractivity contribution in [2.75, 3.05) is 19.6 Å². The number of rotatable bonds is 4. The summed E-state index contributed by atoms with van der Waals surface area (Å²) in [5, 5.41) is 3.63. The minimum absolute atomic E-state index is 0.0495. The summed E-state index contributed by atoms with van der Waals surface area (Å²) in [6, 6.07) is 5.69. The van der Waals surface area contributed by atoms with Gasteiger partial charge >= 0.3 is 0 Å². The van der Waals surface area contributed by atoms with Gasteiger partial charge in [0.1, 0.15) is 0 Å². The number of carbonyl (C=O) groups excluding carboxylic acids is 1. The number of nitrogens with one attached hydrogen (secondary N) is 1. The lowest BCUT2D eigenvalue weighted by atomic mass is 10.2. The third-order valence-electron chi connectivity index (χ3n) is 3.58. The molecule has 1 aliphatic heterocycles. The van der Waals surface area contributed by atoms with Crippen molar-refractivity contribution >= 4 is 33.4 Å². The second kappa shape index (κ2) is 6.73. The number of carbonyl (C=O) groups is 1. The highest BCUT2D eigenvalue weighted by Gasteiger charge is 2.23. The Morgan fingerprint density at radius 2 is 2.37 bits per heavy atom. The Bertz CT molecular complexity index is 467. The molecule has 1 amide bonds. The molecule has 1 saturated heterocycles. The van der Waals surface area contributed by atoms with Crippen LogP contribution in [0.25, 0.3) is 0 Å². The van der Waals surface area contributed by atoms with E-state index in [9.17, 15) is 4.79 Å². The van der Waals surface area contributed by atoms with E-state index in [2.05, 4.69) is 33.1 Å². The number of nitrogens with zero attached hydrogens (tertiary/aromatic N) is 1. The molecule has 2 rings (SSSR count). The second-order valence-corrected chi connectivity index (χ2v) is 6.05. The molecule has 1 heterocycles. The van der Waals surface area contributed by atoms with Gasteiger partial charge in [0.2, 0.25) is 0 Å². The zero-order chi connectivity index (χ0) is 13.8. The molecule has 19 heavy (non-hydrogen) atoms. The maximum atomic E-state index is 12.1. The molecule has 1 aromatic carbocycles. The van der Waals surface area contributed by atoms with E-state index in [0.29, 0.717) is 23.2 Å². The number of likely N-dealkylation sites (tertiary alicyclic amines) is 1. The van der Waals surface area contributed by atoms with Crippen molar-refractivity contribution in [2.24, 2.45) is 0 Å². The molecule has 1 atom stereocenters. The molecule has 0 aliphatic carbocycles. The van der Waals surface area contributed by atoms with Crippen LogP contribution in [0.4, 0.5) is 0 Å². The van der Waals surface area contributed by atoms with E-state index in [-0.39, 0.29) is 5.91 Å². The van der Waals surface area contributed by atoms with Crippen molar-refractivity contribution in [3.8, 4) is 0 Å². The molecular formula is C14H18BrClN2O. The Hall–Kier alpha value is -0.580. The van der Waals surface area contributed by atoms with Gasteiger partial charge in [-0.2, -0.15) is 0 Å². The molecule has 1 unspecified atom stereocenters. The van der Waals surface area contributed by atoms with Gasteiger partial charge in [-0.05, 0) is 60.1 Å². The lowest BCUT2D eigenvalue weighted by molar-refractivity contribution is 0.0940. The maximum Gasteiger partial charge on any atom is 0.252 e. The summed E-state index contributed by atoms with van der Waals surface area (Å²) in [5.41, 5.74) is 0.630. The maximum absolute atomic E-state index is 12.1. The van der Waals surface area contributed by atoms with Crippen LogP contribution in [0.2, 0.25) is 5.02 Å². The Morgan fingerprint density at radius 3 is 3.05 bits per heavy atom. The van der Waals surface area contributed by atoms with E-state index in [1.54, 1.807) is 18.2 Å². The fourth-order valence-electron chi connectivity index (χ4n) is 2.52. The first-order valence-electron chi connectivity index (χ1n) is 6.59. The van der Waals surface area contributed by atoms with Crippen LogP contribution >= 0.6 is 27.5 Å². The van der Waals surface area contributed by atoms with Crippen LogP contribution in [-0.4, -0.2) is 36.5 Å². The minimum Gasteiger partial charge on any atom is -0.350 e. The predicted molar refractivity (Wildman–Crippen MR) is 81.8 cm³/mol. The van der Waals surface area contributed by atoms with Crippen molar-refractivity contribution in [3.63, 3.8) is 0 Å². The summed E-state index contributed by atoms with van der Waals surface area (Å²) in [4.78, 5) is 14.5. The third kappa shape index (κ3) is 3.71. The van der Waals surface area contributed by atoms with E-state index in [1.807, 2.05) is 0 Å². The first-order chi connectivity index (χ1) is 9.11. The molecule has 0 aromatic heterocycles. The van der Waals surface area contributed by atoms with Crippen molar-refractivity contribution in [1.82, 2.24) is 10.2 Å². The van der Waals surface area contributed by atoms with E-state index in [4.69, 9.17) is 11.6 Å². The quantitative estimate of drug-likeness (QED) is 0.908. The lowest BCUT2D eigenvalue weighted by Gasteiger charge is -2.23. The summed E-state index contributed by atoms with van der Waals surface area (Å²) in [6.07, 6.45) is 2.38. The van der Waals surface area contributed by atoms with Crippen molar-refractivity contribution in [1.29, 1.82) is 0 Å². The fraction of sp³-hybridized carbons (Fsp3) is 0.500. The molecule has 1 fully saturated rings. The SMILES string of the molecule is CCN1CCCC1CNC(=O)c1ccc(Cl)cc1Br. The van der Waals surface area contributed by atoms with Gasteiger partial charge in [0.15, 0.2) is 0 Å². The minimum atomic E-state index is -0.0495. The first kappa shape index (κ1) is 14.8. The fourth-order valence-corrected chi connectivity index (χ4v) is 3.38. The van der Waals surface area contributed by atoms with Crippen LogP contribution in [0.1, 0.15) is 30.1 Å². The monoisotopic (exact) mass is 344 g/mol. The highest BCUT2D eigenvalue weighted by atomic mass is 79.9. The number of hydrogen-bond acceptors (Lipinski definition) is 2. The molecular weight excluding hydrogens is 328 g/mol. The molecule has 1 aromatic rings. The van der Waals surface area contributed by atoms with E-state index >= 15 is 0 Å². The number of halogens is 2. The van der Waals surface area contributed by atoms with Crippen molar-refractivity contribution < 1.29 is 4.79 Å². The second-order valence-electron chi connectivity index (χ2n) is 4.76. The summed E-state index contributed by atoms with van der Waals surface area (Å²) >= 11 is 9.24. The molecule has 104 valence electrons. The number of benzene rings is 1. The van der Waals surface area contributed by atoms with Crippen molar-refractivity contribution in [3.05, 3.63) is 33.3 Å². The summed E-state index contributed by atoms with van der Waals surface area (Å²) in [5.74, 6) is -0.0495. The van der Waals surface area contributed by atoms with Gasteiger partial charge in [0, 0.05) is 22.1 Å². The van der Waals surface area contributed by atoms with Crippen LogP contribution in [0.15, 0.2) is 22.7 Å². The van der Waals surface area contributed by atoms with Gasteiger partial charge in [0.05, 0.1) is 5.56 Å². The van der Waals surface area contributed by atoms with Gasteiger partial charge in [-0.25, -0.2) is 0 Å². The third-order valence-corrected chi connectivity index (χ3v) is 4.47. The Labute approximate surface area is 127 Å².